The second-order valence-corrected chi connectivity index (χ2v) is 5.53. The zero-order valence-electron chi connectivity index (χ0n) is 9.64. The van der Waals surface area contributed by atoms with Crippen LogP contribution in [-0.2, 0) is 6.42 Å². The van der Waals surface area contributed by atoms with Crippen molar-refractivity contribution in [2.24, 2.45) is 0 Å². The van der Waals surface area contributed by atoms with E-state index in [-0.39, 0.29) is 5.78 Å². The normalized spacial score (nSPS) is 10.5. The molecule has 0 bridgehead atoms. The molecule has 88 valence electrons. The summed E-state index contributed by atoms with van der Waals surface area (Å²) in [4.78, 5) is 16.8. The largest absolute Gasteiger partial charge is 0.294 e. The number of hydrogen-bond donors (Lipinski definition) is 0. The number of aryl methyl sites for hydroxylation is 1. The average molecular weight is 264 g/mol. The summed E-state index contributed by atoms with van der Waals surface area (Å²) < 4.78 is 5.11. The molecule has 0 spiro atoms. The van der Waals surface area contributed by atoms with Crippen LogP contribution in [0.25, 0.3) is 0 Å². The maximum Gasteiger partial charge on any atom is 0.174 e. The molecule has 0 aliphatic carbocycles. The van der Waals surface area contributed by atoms with E-state index in [0.29, 0.717) is 0 Å². The summed E-state index contributed by atoms with van der Waals surface area (Å²) >= 11 is 2.88. The Kier molecular flexibility index (Phi) is 3.91. The van der Waals surface area contributed by atoms with Gasteiger partial charge < -0.3 is 0 Å². The van der Waals surface area contributed by atoms with Gasteiger partial charge in [-0.15, -0.1) is 0 Å². The molecule has 0 saturated heterocycles. The second-order valence-electron chi connectivity index (χ2n) is 3.48. The van der Waals surface area contributed by atoms with Crippen LogP contribution in [0, 0.1) is 0 Å². The first-order valence-electron chi connectivity index (χ1n) is 5.31. The Morgan fingerprint density at radius 1 is 1.41 bits per heavy atom. The minimum Gasteiger partial charge on any atom is -0.294 e. The van der Waals surface area contributed by atoms with E-state index in [2.05, 4.69) is 9.36 Å². The third kappa shape index (κ3) is 2.92. The summed E-state index contributed by atoms with van der Waals surface area (Å²) in [6, 6.07) is 7.58. The van der Waals surface area contributed by atoms with Crippen LogP contribution in [0.5, 0.6) is 0 Å². The molecule has 17 heavy (non-hydrogen) atoms. The molecule has 0 unspecified atom stereocenters. The number of hydrogen-bond acceptors (Lipinski definition) is 5. The van der Waals surface area contributed by atoms with Crippen molar-refractivity contribution in [3.05, 3.63) is 35.7 Å². The molecular formula is C12H12N2OS2. The number of aromatic nitrogens is 2. The second kappa shape index (κ2) is 5.42. The van der Waals surface area contributed by atoms with Crippen LogP contribution < -0.4 is 0 Å². The number of carbonyl (C=O) groups is 1. The zero-order chi connectivity index (χ0) is 12.3. The van der Waals surface area contributed by atoms with Gasteiger partial charge in [0.25, 0.3) is 0 Å². The molecule has 0 atom stereocenters. The van der Waals surface area contributed by atoms with Crippen molar-refractivity contribution in [1.82, 2.24) is 9.36 Å². The summed E-state index contributed by atoms with van der Waals surface area (Å²) in [5.41, 5.74) is 0.741. The van der Waals surface area contributed by atoms with E-state index in [1.807, 2.05) is 31.2 Å². The molecule has 0 saturated carbocycles. The molecule has 2 aromatic rings. The molecule has 0 aliphatic heterocycles. The quantitative estimate of drug-likeness (QED) is 0.793. The summed E-state index contributed by atoms with van der Waals surface area (Å²) in [6.07, 6.45) is 0.839. The van der Waals surface area contributed by atoms with Crippen LogP contribution in [0.2, 0.25) is 0 Å². The van der Waals surface area contributed by atoms with Crippen LogP contribution in [0.15, 0.2) is 33.5 Å². The predicted octanol–water partition coefficient (Wildman–Crippen LogP) is 3.45. The Balaban J connectivity index is 2.26. The minimum absolute atomic E-state index is 0.0772. The SMILES string of the molecule is CCc1nsc(Sc2ccccc2C(C)=O)n1. The monoisotopic (exact) mass is 264 g/mol. The van der Waals surface area contributed by atoms with Gasteiger partial charge in [0.1, 0.15) is 5.82 Å². The lowest BCUT2D eigenvalue weighted by molar-refractivity contribution is 0.101. The van der Waals surface area contributed by atoms with Crippen LogP contribution in [0.4, 0.5) is 0 Å². The molecule has 2 rings (SSSR count). The van der Waals surface area contributed by atoms with Gasteiger partial charge in [-0.2, -0.15) is 4.37 Å². The topological polar surface area (TPSA) is 42.9 Å². The fourth-order valence-corrected chi connectivity index (χ4v) is 3.20. The Morgan fingerprint density at radius 2 is 2.18 bits per heavy atom. The minimum atomic E-state index is 0.0772. The van der Waals surface area contributed by atoms with Crippen molar-refractivity contribution >= 4 is 29.1 Å². The van der Waals surface area contributed by atoms with E-state index in [4.69, 9.17) is 0 Å². The van der Waals surface area contributed by atoms with Gasteiger partial charge in [-0.25, -0.2) is 4.98 Å². The fraction of sp³-hybridized carbons (Fsp3) is 0.250. The highest BCUT2D eigenvalue weighted by molar-refractivity contribution is 8.01. The number of nitrogens with zero attached hydrogens (tertiary/aromatic N) is 2. The molecule has 1 aromatic heterocycles. The van der Waals surface area contributed by atoms with E-state index in [0.717, 1.165) is 27.0 Å². The van der Waals surface area contributed by atoms with Crippen molar-refractivity contribution in [3.8, 4) is 0 Å². The number of benzene rings is 1. The Hall–Kier alpha value is -1.20. The van der Waals surface area contributed by atoms with Crippen LogP contribution in [0.1, 0.15) is 30.0 Å². The number of Topliss-reactive ketones (excluding diaryl/α,β-unsaturated/α-hetero) is 1. The first kappa shape index (κ1) is 12.3. The van der Waals surface area contributed by atoms with Crippen molar-refractivity contribution < 1.29 is 4.79 Å². The van der Waals surface area contributed by atoms with Gasteiger partial charge >= 0.3 is 0 Å². The summed E-state index contributed by atoms with van der Waals surface area (Å²) in [7, 11) is 0. The van der Waals surface area contributed by atoms with Crippen molar-refractivity contribution in [1.29, 1.82) is 0 Å². The van der Waals surface area contributed by atoms with E-state index in [1.54, 1.807) is 6.92 Å². The number of rotatable bonds is 4. The van der Waals surface area contributed by atoms with Crippen LogP contribution in [0.3, 0.4) is 0 Å². The Morgan fingerprint density at radius 3 is 2.82 bits per heavy atom. The molecule has 0 N–H and O–H groups in total. The van der Waals surface area contributed by atoms with Crippen LogP contribution >= 0.6 is 23.3 Å². The molecule has 5 heteroatoms. The van der Waals surface area contributed by atoms with E-state index in [9.17, 15) is 4.79 Å². The Bertz CT molecular complexity index is 537. The predicted molar refractivity (Wildman–Crippen MR) is 69.9 cm³/mol. The molecule has 0 aliphatic rings. The summed E-state index contributed by atoms with van der Waals surface area (Å²) in [6.45, 7) is 3.61. The molecular weight excluding hydrogens is 252 g/mol. The molecule has 0 radical (unpaired) electrons. The lowest BCUT2D eigenvalue weighted by Crippen LogP contribution is -1.94. The maximum absolute atomic E-state index is 11.5. The van der Waals surface area contributed by atoms with Gasteiger partial charge in [-0.1, -0.05) is 36.9 Å². The van der Waals surface area contributed by atoms with Gasteiger partial charge in [0.2, 0.25) is 0 Å². The highest BCUT2D eigenvalue weighted by atomic mass is 32.2. The highest BCUT2D eigenvalue weighted by Crippen LogP contribution is 2.31. The third-order valence-electron chi connectivity index (χ3n) is 2.23. The lowest BCUT2D eigenvalue weighted by atomic mass is 10.1. The van der Waals surface area contributed by atoms with E-state index in [1.165, 1.54) is 23.3 Å². The zero-order valence-corrected chi connectivity index (χ0v) is 11.3. The first-order chi connectivity index (χ1) is 8.20. The van der Waals surface area contributed by atoms with Gasteiger partial charge in [0.15, 0.2) is 10.1 Å². The summed E-state index contributed by atoms with van der Waals surface area (Å²) in [5.74, 6) is 0.936. The molecule has 1 aromatic carbocycles. The van der Waals surface area contributed by atoms with Gasteiger partial charge in [-0.05, 0) is 24.5 Å². The smallest absolute Gasteiger partial charge is 0.174 e. The average Bonchev–Trinajstić information content (AvgIpc) is 2.77. The van der Waals surface area contributed by atoms with Crippen molar-refractivity contribution in [2.45, 2.75) is 29.5 Å². The fourth-order valence-electron chi connectivity index (χ4n) is 1.36. The van der Waals surface area contributed by atoms with E-state index < -0.39 is 0 Å². The van der Waals surface area contributed by atoms with Gasteiger partial charge in [0.05, 0.1) is 0 Å². The maximum atomic E-state index is 11.5. The molecule has 3 nitrogen and oxygen atoms in total. The summed E-state index contributed by atoms with van der Waals surface area (Å²) in [5, 5.41) is 0. The van der Waals surface area contributed by atoms with Crippen molar-refractivity contribution in [2.75, 3.05) is 0 Å². The first-order valence-corrected chi connectivity index (χ1v) is 6.90. The standard InChI is InChI=1S/C12H12N2OS2/c1-3-11-13-12(17-14-11)16-10-7-5-4-6-9(10)8(2)15/h4-7H,3H2,1-2H3. The molecule has 0 amide bonds. The number of carbonyl (C=O) groups excluding carboxylic acids is 1. The highest BCUT2D eigenvalue weighted by Gasteiger charge is 2.10. The van der Waals surface area contributed by atoms with E-state index >= 15 is 0 Å². The number of ketones is 1. The van der Waals surface area contributed by atoms with Crippen molar-refractivity contribution in [3.63, 3.8) is 0 Å². The van der Waals surface area contributed by atoms with Gasteiger partial charge in [-0.3, -0.25) is 4.79 Å². The third-order valence-corrected chi connectivity index (χ3v) is 4.09. The molecule has 0 fully saturated rings. The lowest BCUT2D eigenvalue weighted by Gasteiger charge is -2.02. The van der Waals surface area contributed by atoms with Crippen LogP contribution in [-0.4, -0.2) is 15.1 Å². The molecule has 1 heterocycles. The Labute approximate surface area is 108 Å². The van der Waals surface area contributed by atoms with Gasteiger partial charge in [0, 0.05) is 16.9 Å².